The second-order valence-corrected chi connectivity index (χ2v) is 8.13. The second-order valence-electron chi connectivity index (χ2n) is 8.13. The highest BCUT2D eigenvalue weighted by atomic mass is 16.4. The molecule has 1 aliphatic rings. The first-order chi connectivity index (χ1) is 14.1. The summed E-state index contributed by atoms with van der Waals surface area (Å²) in [5.41, 5.74) is 1.56. The molecule has 0 spiro atoms. The van der Waals surface area contributed by atoms with E-state index in [4.69, 9.17) is 0 Å². The number of aliphatic carboxylic acids is 1. The molecule has 0 aliphatic carbocycles. The normalized spacial score (nSPS) is 17.7. The molecule has 4 nitrogen and oxygen atoms in total. The standard InChI is InChI=1S/C25H34N2O2/c1-2-25(24(28)29,23-13-7-4-8-14-23)15-17-27-20-18-26(19-21-27)16-9-12-22-10-5-3-6-11-22/h3-8,10-11,13-14H,2,9,12,15-21H2,1H3,(H,28,29). The van der Waals surface area contributed by atoms with E-state index in [9.17, 15) is 9.90 Å². The first-order valence-corrected chi connectivity index (χ1v) is 10.9. The van der Waals surface area contributed by atoms with Crippen molar-refractivity contribution in [1.82, 2.24) is 9.80 Å². The molecule has 156 valence electrons. The second kappa shape index (κ2) is 10.6. The Labute approximate surface area is 175 Å². The van der Waals surface area contributed by atoms with Crippen LogP contribution in [0.4, 0.5) is 0 Å². The van der Waals surface area contributed by atoms with E-state index in [1.165, 1.54) is 12.0 Å². The first-order valence-electron chi connectivity index (χ1n) is 10.9. The monoisotopic (exact) mass is 394 g/mol. The lowest BCUT2D eigenvalue weighted by Gasteiger charge is -2.37. The van der Waals surface area contributed by atoms with E-state index in [1.54, 1.807) is 0 Å². The fourth-order valence-corrected chi connectivity index (χ4v) is 4.40. The maximum atomic E-state index is 12.2. The lowest BCUT2D eigenvalue weighted by Crippen LogP contribution is -2.48. The maximum absolute atomic E-state index is 12.2. The molecule has 3 rings (SSSR count). The Bertz CT molecular complexity index is 742. The Kier molecular flexibility index (Phi) is 7.84. The lowest BCUT2D eigenvalue weighted by atomic mass is 9.75. The van der Waals surface area contributed by atoms with E-state index in [-0.39, 0.29) is 0 Å². The average molecular weight is 395 g/mol. The number of carboxylic acid groups (broad SMARTS) is 1. The minimum absolute atomic E-state index is 0.617. The topological polar surface area (TPSA) is 43.8 Å². The van der Waals surface area contributed by atoms with E-state index >= 15 is 0 Å². The molecule has 1 aliphatic heterocycles. The number of piperazine rings is 1. The van der Waals surface area contributed by atoms with Crippen molar-refractivity contribution < 1.29 is 9.90 Å². The quantitative estimate of drug-likeness (QED) is 0.660. The van der Waals surface area contributed by atoms with Crippen molar-refractivity contribution in [2.45, 2.75) is 38.0 Å². The minimum Gasteiger partial charge on any atom is -0.481 e. The van der Waals surface area contributed by atoms with Gasteiger partial charge < -0.3 is 14.9 Å². The molecule has 1 heterocycles. The summed E-state index contributed by atoms with van der Waals surface area (Å²) in [4.78, 5) is 17.2. The molecule has 29 heavy (non-hydrogen) atoms. The Hall–Kier alpha value is -2.17. The van der Waals surface area contributed by atoms with Gasteiger partial charge in [0.1, 0.15) is 0 Å². The van der Waals surface area contributed by atoms with Gasteiger partial charge in [-0.15, -0.1) is 0 Å². The number of carbonyl (C=O) groups is 1. The average Bonchev–Trinajstić information content (AvgIpc) is 2.77. The molecule has 1 fully saturated rings. The summed E-state index contributed by atoms with van der Waals surface area (Å²) in [6.07, 6.45) is 3.61. The predicted molar refractivity (Wildman–Crippen MR) is 118 cm³/mol. The molecule has 2 aromatic carbocycles. The molecule has 1 N–H and O–H groups in total. The number of benzene rings is 2. The van der Waals surface area contributed by atoms with E-state index in [0.717, 1.165) is 51.3 Å². The molecule has 2 aromatic rings. The minimum atomic E-state index is -0.784. The van der Waals surface area contributed by atoms with Gasteiger partial charge in [0.25, 0.3) is 0 Å². The van der Waals surface area contributed by atoms with E-state index < -0.39 is 11.4 Å². The van der Waals surface area contributed by atoms with E-state index in [0.29, 0.717) is 12.8 Å². The van der Waals surface area contributed by atoms with Gasteiger partial charge in [0.05, 0.1) is 5.41 Å². The zero-order valence-electron chi connectivity index (χ0n) is 17.6. The molecule has 1 unspecified atom stereocenters. The summed E-state index contributed by atoms with van der Waals surface area (Å²) in [6.45, 7) is 8.18. The fourth-order valence-electron chi connectivity index (χ4n) is 4.40. The van der Waals surface area contributed by atoms with Crippen LogP contribution < -0.4 is 0 Å². The maximum Gasteiger partial charge on any atom is 0.314 e. The van der Waals surface area contributed by atoms with Crippen molar-refractivity contribution in [3.05, 3.63) is 71.8 Å². The lowest BCUT2D eigenvalue weighted by molar-refractivity contribution is -0.144. The predicted octanol–water partition coefficient (Wildman–Crippen LogP) is 4.06. The highest BCUT2D eigenvalue weighted by Gasteiger charge is 2.38. The number of hydrogen-bond donors (Lipinski definition) is 1. The Morgan fingerprint density at radius 3 is 2.00 bits per heavy atom. The smallest absolute Gasteiger partial charge is 0.314 e. The highest BCUT2D eigenvalue weighted by Crippen LogP contribution is 2.32. The summed E-state index contributed by atoms with van der Waals surface area (Å²) >= 11 is 0. The number of aryl methyl sites for hydroxylation is 1. The summed E-state index contributed by atoms with van der Waals surface area (Å²) in [5.74, 6) is -0.703. The van der Waals surface area contributed by atoms with Crippen molar-refractivity contribution >= 4 is 5.97 Å². The van der Waals surface area contributed by atoms with Crippen LogP contribution in [0, 0.1) is 0 Å². The van der Waals surface area contributed by atoms with Crippen molar-refractivity contribution in [2.24, 2.45) is 0 Å². The van der Waals surface area contributed by atoms with Crippen molar-refractivity contribution in [3.63, 3.8) is 0 Å². The number of carboxylic acids is 1. The molecule has 0 radical (unpaired) electrons. The van der Waals surface area contributed by atoms with Gasteiger partial charge in [0.15, 0.2) is 0 Å². The van der Waals surface area contributed by atoms with Crippen LogP contribution in [0.25, 0.3) is 0 Å². The Morgan fingerprint density at radius 2 is 1.45 bits per heavy atom. The van der Waals surface area contributed by atoms with Gasteiger partial charge >= 0.3 is 5.97 Å². The van der Waals surface area contributed by atoms with Crippen LogP contribution in [-0.2, 0) is 16.6 Å². The third-order valence-electron chi connectivity index (χ3n) is 6.44. The third kappa shape index (κ3) is 5.68. The fraction of sp³-hybridized carbons (Fsp3) is 0.480. The Morgan fingerprint density at radius 1 is 0.897 bits per heavy atom. The van der Waals surface area contributed by atoms with Crippen LogP contribution in [0.2, 0.25) is 0 Å². The van der Waals surface area contributed by atoms with Crippen LogP contribution in [0.1, 0.15) is 37.3 Å². The number of rotatable bonds is 10. The molecule has 0 aromatic heterocycles. The number of nitrogens with zero attached hydrogens (tertiary/aromatic N) is 2. The van der Waals surface area contributed by atoms with Gasteiger partial charge in [-0.05, 0) is 49.9 Å². The first kappa shape index (κ1) is 21.5. The van der Waals surface area contributed by atoms with Crippen LogP contribution in [-0.4, -0.2) is 60.1 Å². The summed E-state index contributed by atoms with van der Waals surface area (Å²) < 4.78 is 0. The molecular formula is C25H34N2O2. The van der Waals surface area contributed by atoms with Gasteiger partial charge in [-0.1, -0.05) is 67.6 Å². The summed E-state index contributed by atoms with van der Waals surface area (Å²) in [5, 5.41) is 10.0. The largest absolute Gasteiger partial charge is 0.481 e. The molecule has 0 bridgehead atoms. The van der Waals surface area contributed by atoms with Gasteiger partial charge in [0, 0.05) is 26.2 Å². The van der Waals surface area contributed by atoms with Crippen molar-refractivity contribution in [2.75, 3.05) is 39.3 Å². The van der Waals surface area contributed by atoms with Gasteiger partial charge in [0.2, 0.25) is 0 Å². The zero-order chi connectivity index (χ0) is 20.5. The molecule has 0 saturated carbocycles. The summed E-state index contributed by atoms with van der Waals surface area (Å²) in [6, 6.07) is 20.4. The molecule has 1 saturated heterocycles. The van der Waals surface area contributed by atoms with Gasteiger partial charge in [-0.25, -0.2) is 0 Å². The highest BCUT2D eigenvalue weighted by molar-refractivity contribution is 5.81. The Balaban J connectivity index is 1.45. The summed E-state index contributed by atoms with van der Waals surface area (Å²) in [7, 11) is 0. The molecule has 1 atom stereocenters. The van der Waals surface area contributed by atoms with Crippen LogP contribution >= 0.6 is 0 Å². The molecule has 4 heteroatoms. The van der Waals surface area contributed by atoms with Gasteiger partial charge in [-0.3, -0.25) is 4.79 Å². The molecule has 0 amide bonds. The van der Waals surface area contributed by atoms with Crippen LogP contribution in [0.5, 0.6) is 0 Å². The zero-order valence-corrected chi connectivity index (χ0v) is 17.6. The van der Waals surface area contributed by atoms with Crippen molar-refractivity contribution in [1.29, 1.82) is 0 Å². The van der Waals surface area contributed by atoms with Gasteiger partial charge in [-0.2, -0.15) is 0 Å². The van der Waals surface area contributed by atoms with E-state index in [1.807, 2.05) is 37.3 Å². The third-order valence-corrected chi connectivity index (χ3v) is 6.44. The van der Waals surface area contributed by atoms with Crippen LogP contribution in [0.3, 0.4) is 0 Å². The van der Waals surface area contributed by atoms with Crippen LogP contribution in [0.15, 0.2) is 60.7 Å². The van der Waals surface area contributed by atoms with E-state index in [2.05, 4.69) is 40.1 Å². The van der Waals surface area contributed by atoms with Crippen molar-refractivity contribution in [3.8, 4) is 0 Å². The number of hydrogen-bond acceptors (Lipinski definition) is 3. The molecular weight excluding hydrogens is 360 g/mol. The SMILES string of the molecule is CCC(CCN1CCN(CCCc2ccccc2)CC1)(C(=O)O)c1ccccc1.